The lowest BCUT2D eigenvalue weighted by atomic mass is 9.96. The largest absolute Gasteiger partial charge is 0.471 e. The molecule has 11 heteroatoms. The van der Waals surface area contributed by atoms with Gasteiger partial charge in [-0.2, -0.15) is 13.2 Å². The summed E-state index contributed by atoms with van der Waals surface area (Å²) >= 11 is 1.48. The van der Waals surface area contributed by atoms with Crippen molar-refractivity contribution in [2.24, 2.45) is 5.92 Å². The maximum Gasteiger partial charge on any atom is 0.416 e. The van der Waals surface area contributed by atoms with E-state index in [4.69, 9.17) is 9.47 Å². The van der Waals surface area contributed by atoms with E-state index in [0.717, 1.165) is 30.0 Å². The highest BCUT2D eigenvalue weighted by atomic mass is 32.1. The van der Waals surface area contributed by atoms with Crippen LogP contribution in [0, 0.1) is 12.8 Å². The van der Waals surface area contributed by atoms with Crippen LogP contribution in [0.5, 0.6) is 5.88 Å². The molecular weight excluding hydrogens is 531 g/mol. The molecule has 0 bridgehead atoms. The number of nitrogens with one attached hydrogen (secondary N) is 1. The van der Waals surface area contributed by atoms with Crippen molar-refractivity contribution in [1.29, 1.82) is 0 Å². The summed E-state index contributed by atoms with van der Waals surface area (Å²) in [5.74, 6) is 0.0747. The molecule has 39 heavy (non-hydrogen) atoms. The van der Waals surface area contributed by atoms with Crippen LogP contribution in [0.25, 0.3) is 11.1 Å². The number of esters is 1. The van der Waals surface area contributed by atoms with Crippen molar-refractivity contribution >= 4 is 23.1 Å². The number of carbonyl (C=O) groups excluding carboxylic acids is 2. The summed E-state index contributed by atoms with van der Waals surface area (Å²) < 4.78 is 51.8. The lowest BCUT2D eigenvalue weighted by molar-refractivity contribution is -0.142. The van der Waals surface area contributed by atoms with Gasteiger partial charge in [-0.25, -0.2) is 9.97 Å². The van der Waals surface area contributed by atoms with Crippen molar-refractivity contribution < 1.29 is 32.2 Å². The smallest absolute Gasteiger partial charge is 0.416 e. The van der Waals surface area contributed by atoms with Crippen LogP contribution in [0.3, 0.4) is 0 Å². The van der Waals surface area contributed by atoms with Gasteiger partial charge >= 0.3 is 12.1 Å². The number of rotatable bonds is 13. The predicted octanol–water partition coefficient (Wildman–Crippen LogP) is 5.68. The number of ketones is 1. The fourth-order valence-electron chi connectivity index (χ4n) is 4.12. The van der Waals surface area contributed by atoms with Crippen LogP contribution >= 0.6 is 11.3 Å². The molecule has 4 rings (SSSR count). The molecule has 0 amide bonds. The molecule has 7 nitrogen and oxygen atoms in total. The van der Waals surface area contributed by atoms with Crippen molar-refractivity contribution in [1.82, 2.24) is 15.3 Å². The third-order valence-corrected chi connectivity index (χ3v) is 7.03. The number of pyridine rings is 1. The van der Waals surface area contributed by atoms with Gasteiger partial charge in [0.15, 0.2) is 0 Å². The SMILES string of the molecule is CCOC(=O)Cc1cnc(OCc2csc(C)n2)c(-c2ccc(C(F)(F)F)cc2CNCCC(=O)C2CC2)c1. The number of thiazole rings is 1. The van der Waals surface area contributed by atoms with Gasteiger partial charge in [-0.05, 0) is 61.6 Å². The Bertz CT molecular complexity index is 1320. The van der Waals surface area contributed by atoms with Crippen LogP contribution in [0.2, 0.25) is 0 Å². The molecule has 1 aliphatic rings. The second-order valence-electron chi connectivity index (χ2n) is 9.36. The fourth-order valence-corrected chi connectivity index (χ4v) is 4.72. The quantitative estimate of drug-likeness (QED) is 0.212. The van der Waals surface area contributed by atoms with E-state index in [0.29, 0.717) is 40.9 Å². The Morgan fingerprint density at radius 3 is 2.64 bits per heavy atom. The van der Waals surface area contributed by atoms with Gasteiger partial charge < -0.3 is 14.8 Å². The number of hydrogen-bond acceptors (Lipinski definition) is 8. The Hall–Kier alpha value is -3.31. The highest BCUT2D eigenvalue weighted by Crippen LogP contribution is 2.37. The number of hydrogen-bond donors (Lipinski definition) is 1. The number of Topliss-reactive ketones (excluding diaryl/α,β-unsaturated/α-hetero) is 1. The summed E-state index contributed by atoms with van der Waals surface area (Å²) in [5, 5.41) is 5.85. The average Bonchev–Trinajstić information content (AvgIpc) is 3.66. The summed E-state index contributed by atoms with van der Waals surface area (Å²) in [5.41, 5.74) is 1.75. The molecular formula is C28H30F3N3O4S. The average molecular weight is 562 g/mol. The molecule has 3 aromatic rings. The first kappa shape index (κ1) is 28.7. The molecule has 0 saturated heterocycles. The number of ether oxygens (including phenoxy) is 2. The molecule has 0 unspecified atom stereocenters. The Kier molecular flexibility index (Phi) is 9.34. The second kappa shape index (κ2) is 12.7. The van der Waals surface area contributed by atoms with Gasteiger partial charge in [0, 0.05) is 42.6 Å². The molecule has 0 spiro atoms. The minimum Gasteiger partial charge on any atom is -0.471 e. The lowest BCUT2D eigenvalue weighted by Gasteiger charge is -2.17. The highest BCUT2D eigenvalue weighted by Gasteiger charge is 2.32. The van der Waals surface area contributed by atoms with Crippen LogP contribution in [0.4, 0.5) is 13.2 Å². The van der Waals surface area contributed by atoms with Gasteiger partial charge in [0.1, 0.15) is 12.4 Å². The fraction of sp³-hybridized carbons (Fsp3) is 0.429. The van der Waals surface area contributed by atoms with Gasteiger partial charge in [-0.15, -0.1) is 11.3 Å². The second-order valence-corrected chi connectivity index (χ2v) is 10.4. The van der Waals surface area contributed by atoms with E-state index in [-0.39, 0.29) is 43.8 Å². The van der Waals surface area contributed by atoms with Crippen LogP contribution in [-0.2, 0) is 40.1 Å². The van der Waals surface area contributed by atoms with Gasteiger partial charge in [-0.3, -0.25) is 9.59 Å². The molecule has 1 N–H and O–H groups in total. The third kappa shape index (κ3) is 8.09. The summed E-state index contributed by atoms with van der Waals surface area (Å²) in [6.07, 6.45) is -0.924. The molecule has 2 heterocycles. The predicted molar refractivity (Wildman–Crippen MR) is 140 cm³/mol. The Morgan fingerprint density at radius 2 is 1.97 bits per heavy atom. The molecule has 2 aromatic heterocycles. The van der Waals surface area contributed by atoms with E-state index >= 15 is 0 Å². The molecule has 1 aromatic carbocycles. The number of alkyl halides is 3. The molecule has 208 valence electrons. The summed E-state index contributed by atoms with van der Waals surface area (Å²) in [4.78, 5) is 32.9. The van der Waals surface area contributed by atoms with Crippen molar-refractivity contribution in [2.45, 2.75) is 58.9 Å². The van der Waals surface area contributed by atoms with Crippen LogP contribution < -0.4 is 10.1 Å². The maximum atomic E-state index is 13.6. The van der Waals surface area contributed by atoms with Crippen molar-refractivity contribution in [3.63, 3.8) is 0 Å². The summed E-state index contributed by atoms with van der Waals surface area (Å²) in [7, 11) is 0. The van der Waals surface area contributed by atoms with E-state index in [1.165, 1.54) is 23.6 Å². The van der Waals surface area contributed by atoms with Gasteiger partial charge in [0.05, 0.1) is 29.3 Å². The van der Waals surface area contributed by atoms with E-state index in [9.17, 15) is 22.8 Å². The maximum absolute atomic E-state index is 13.6. The normalized spacial score (nSPS) is 13.4. The van der Waals surface area contributed by atoms with E-state index in [1.54, 1.807) is 13.0 Å². The van der Waals surface area contributed by atoms with Crippen LogP contribution in [-0.4, -0.2) is 34.9 Å². The number of aryl methyl sites for hydroxylation is 1. The van der Waals surface area contributed by atoms with Crippen LogP contribution in [0.1, 0.15) is 53.6 Å². The molecule has 1 aliphatic carbocycles. The van der Waals surface area contributed by atoms with E-state index < -0.39 is 17.7 Å². The molecule has 1 saturated carbocycles. The Morgan fingerprint density at radius 1 is 1.18 bits per heavy atom. The first-order chi connectivity index (χ1) is 18.6. The lowest BCUT2D eigenvalue weighted by Crippen LogP contribution is -2.19. The zero-order valence-electron chi connectivity index (χ0n) is 21.8. The van der Waals surface area contributed by atoms with Crippen molar-refractivity contribution in [3.05, 3.63) is 63.2 Å². The summed E-state index contributed by atoms with van der Waals surface area (Å²) in [6, 6.07) is 5.19. The minimum atomic E-state index is -4.53. The van der Waals surface area contributed by atoms with Gasteiger partial charge in [0.25, 0.3) is 0 Å². The van der Waals surface area contributed by atoms with Gasteiger partial charge in [-0.1, -0.05) is 6.07 Å². The first-order valence-corrected chi connectivity index (χ1v) is 13.6. The zero-order chi connectivity index (χ0) is 28.0. The Labute approximate surface area is 228 Å². The standard InChI is InChI=1S/C28H30F3N3O4S/c1-3-37-26(36)11-18-10-24(27(33-13-18)38-15-22-16-39-17(2)34-22)23-7-6-21(28(29,30)31)12-20(23)14-32-9-8-25(35)19-4-5-19/h6-7,10,12-13,16,19,32H,3-5,8-9,11,14-15H2,1-2H3. The first-order valence-electron chi connectivity index (χ1n) is 12.8. The van der Waals surface area contributed by atoms with Crippen LogP contribution in [0.15, 0.2) is 35.8 Å². The third-order valence-electron chi connectivity index (χ3n) is 6.20. The van der Waals surface area contributed by atoms with E-state index in [2.05, 4.69) is 15.3 Å². The number of carbonyl (C=O) groups is 2. The number of halogens is 3. The topological polar surface area (TPSA) is 90.4 Å². The number of nitrogens with zero attached hydrogens (tertiary/aromatic N) is 2. The van der Waals surface area contributed by atoms with Gasteiger partial charge in [0.2, 0.25) is 5.88 Å². The molecule has 0 radical (unpaired) electrons. The minimum absolute atomic E-state index is 0.0447. The zero-order valence-corrected chi connectivity index (χ0v) is 22.6. The summed E-state index contributed by atoms with van der Waals surface area (Å²) in [6.45, 7) is 4.40. The Balaban J connectivity index is 1.65. The number of aromatic nitrogens is 2. The number of benzene rings is 1. The van der Waals surface area contributed by atoms with E-state index in [1.807, 2.05) is 12.3 Å². The molecule has 0 aliphatic heterocycles. The molecule has 1 fully saturated rings. The molecule has 0 atom stereocenters. The van der Waals surface area contributed by atoms with Crippen molar-refractivity contribution in [2.75, 3.05) is 13.2 Å². The highest BCUT2D eigenvalue weighted by molar-refractivity contribution is 7.09. The van der Waals surface area contributed by atoms with Crippen molar-refractivity contribution in [3.8, 4) is 17.0 Å². The monoisotopic (exact) mass is 561 g/mol.